The molecule has 0 fully saturated rings. The van der Waals surface area contributed by atoms with Crippen molar-refractivity contribution in [2.24, 2.45) is 0 Å². The maximum atomic E-state index is 5.29. The van der Waals surface area contributed by atoms with Crippen molar-refractivity contribution in [3.05, 3.63) is 28.8 Å². The van der Waals surface area contributed by atoms with Crippen LogP contribution in [0.1, 0.15) is 22.6 Å². The molecule has 1 N–H and O–H groups in total. The Morgan fingerprint density at radius 2 is 2.29 bits per heavy atom. The molecule has 1 aliphatic rings. The summed E-state index contributed by atoms with van der Waals surface area (Å²) < 4.78 is 5.29. The minimum atomic E-state index is 0.708. The summed E-state index contributed by atoms with van der Waals surface area (Å²) in [5, 5.41) is 3.23. The average molecular weight is 191 g/mol. The van der Waals surface area contributed by atoms with E-state index in [4.69, 9.17) is 4.74 Å². The molecule has 2 heteroatoms. The van der Waals surface area contributed by atoms with Crippen LogP contribution in [0.25, 0.3) is 0 Å². The predicted molar refractivity (Wildman–Crippen MR) is 58.1 cm³/mol. The van der Waals surface area contributed by atoms with E-state index in [0.29, 0.717) is 5.92 Å². The third kappa shape index (κ3) is 1.40. The fourth-order valence-corrected chi connectivity index (χ4v) is 2.20. The van der Waals surface area contributed by atoms with E-state index in [2.05, 4.69) is 24.4 Å². The van der Waals surface area contributed by atoms with Gasteiger partial charge >= 0.3 is 0 Å². The van der Waals surface area contributed by atoms with Crippen molar-refractivity contribution in [2.45, 2.75) is 19.3 Å². The Hall–Kier alpha value is -1.02. The van der Waals surface area contributed by atoms with Gasteiger partial charge in [-0.2, -0.15) is 0 Å². The summed E-state index contributed by atoms with van der Waals surface area (Å²) in [6, 6.07) is 4.44. The lowest BCUT2D eigenvalue weighted by Gasteiger charge is -2.31. The van der Waals surface area contributed by atoms with Crippen LogP contribution in [0.15, 0.2) is 12.1 Å². The lowest BCUT2D eigenvalue weighted by molar-refractivity contribution is 0.409. The molecule has 0 saturated heterocycles. The van der Waals surface area contributed by atoms with Gasteiger partial charge in [0, 0.05) is 12.5 Å². The minimum absolute atomic E-state index is 0.708. The minimum Gasteiger partial charge on any atom is -0.496 e. The van der Waals surface area contributed by atoms with E-state index in [1.54, 1.807) is 7.11 Å². The van der Waals surface area contributed by atoms with Crippen LogP contribution in [-0.4, -0.2) is 20.7 Å². The fourth-order valence-electron chi connectivity index (χ4n) is 2.20. The van der Waals surface area contributed by atoms with Gasteiger partial charge in [0.05, 0.1) is 7.11 Å². The number of hydrogen-bond donors (Lipinski definition) is 1. The van der Waals surface area contributed by atoms with E-state index in [1.165, 1.54) is 23.1 Å². The topological polar surface area (TPSA) is 21.3 Å². The molecule has 14 heavy (non-hydrogen) atoms. The summed E-state index contributed by atoms with van der Waals surface area (Å²) in [6.07, 6.45) is 1.19. The normalized spacial score (nSPS) is 18.6. The van der Waals surface area contributed by atoms with E-state index < -0.39 is 0 Å². The zero-order chi connectivity index (χ0) is 10.1. The average Bonchev–Trinajstić information content (AvgIpc) is 2.17. The van der Waals surface area contributed by atoms with Gasteiger partial charge in [-0.1, -0.05) is 6.07 Å². The molecule has 0 saturated carbocycles. The van der Waals surface area contributed by atoms with Gasteiger partial charge in [0.2, 0.25) is 0 Å². The number of fused-ring (bicyclic) bond motifs is 1. The maximum absolute atomic E-state index is 5.29. The van der Waals surface area contributed by atoms with Gasteiger partial charge < -0.3 is 10.1 Å². The molecule has 0 bridgehead atoms. The van der Waals surface area contributed by atoms with E-state index >= 15 is 0 Å². The molecule has 2 nitrogen and oxygen atoms in total. The van der Waals surface area contributed by atoms with Gasteiger partial charge in [0.15, 0.2) is 0 Å². The molecule has 2 rings (SSSR count). The lowest BCUT2D eigenvalue weighted by atomic mass is 9.76. The Bertz CT molecular complexity index is 346. The summed E-state index contributed by atoms with van der Waals surface area (Å²) in [5.41, 5.74) is 4.19. The molecule has 1 atom stereocenters. The second-order valence-electron chi connectivity index (χ2n) is 3.98. The second kappa shape index (κ2) is 3.62. The van der Waals surface area contributed by atoms with E-state index in [9.17, 15) is 0 Å². The van der Waals surface area contributed by atoms with Crippen molar-refractivity contribution < 1.29 is 4.74 Å². The lowest BCUT2D eigenvalue weighted by Crippen LogP contribution is -2.27. The Morgan fingerprint density at radius 1 is 1.50 bits per heavy atom. The first-order valence-corrected chi connectivity index (χ1v) is 5.08. The van der Waals surface area contributed by atoms with Gasteiger partial charge in [-0.25, -0.2) is 0 Å². The SMILES string of the molecule is CNC[C@H]1Cc2cc(OC)c(C)cc21. The van der Waals surface area contributed by atoms with Crippen LogP contribution in [0.3, 0.4) is 0 Å². The number of likely N-dealkylation sites (N-methyl/N-ethyl adjacent to an activating group) is 1. The van der Waals surface area contributed by atoms with Gasteiger partial charge in [0.1, 0.15) is 5.75 Å². The van der Waals surface area contributed by atoms with Crippen LogP contribution >= 0.6 is 0 Å². The number of benzene rings is 1. The molecule has 0 aromatic heterocycles. The van der Waals surface area contributed by atoms with Crippen molar-refractivity contribution in [3.8, 4) is 5.75 Å². The summed E-state index contributed by atoms with van der Waals surface area (Å²) in [6.45, 7) is 3.19. The highest BCUT2D eigenvalue weighted by atomic mass is 16.5. The van der Waals surface area contributed by atoms with Gasteiger partial charge in [-0.05, 0) is 43.1 Å². The molecule has 0 aliphatic heterocycles. The van der Waals surface area contributed by atoms with Crippen molar-refractivity contribution in [2.75, 3.05) is 20.7 Å². The van der Waals surface area contributed by atoms with Crippen LogP contribution in [0.2, 0.25) is 0 Å². The number of ether oxygens (including phenoxy) is 1. The van der Waals surface area contributed by atoms with Crippen molar-refractivity contribution >= 4 is 0 Å². The monoisotopic (exact) mass is 191 g/mol. The highest BCUT2D eigenvalue weighted by Crippen LogP contribution is 2.38. The number of hydrogen-bond acceptors (Lipinski definition) is 2. The van der Waals surface area contributed by atoms with E-state index in [0.717, 1.165) is 12.3 Å². The molecule has 1 aliphatic carbocycles. The van der Waals surface area contributed by atoms with E-state index in [1.807, 2.05) is 7.05 Å². The highest BCUT2D eigenvalue weighted by Gasteiger charge is 2.26. The molecule has 0 heterocycles. The van der Waals surface area contributed by atoms with E-state index in [-0.39, 0.29) is 0 Å². The van der Waals surface area contributed by atoms with Crippen LogP contribution in [0.5, 0.6) is 5.75 Å². The van der Waals surface area contributed by atoms with Crippen LogP contribution in [-0.2, 0) is 6.42 Å². The smallest absolute Gasteiger partial charge is 0.122 e. The summed E-state index contributed by atoms with van der Waals surface area (Å²) in [7, 11) is 3.74. The summed E-state index contributed by atoms with van der Waals surface area (Å²) in [4.78, 5) is 0. The van der Waals surface area contributed by atoms with Crippen molar-refractivity contribution in [1.29, 1.82) is 0 Å². The molecule has 0 amide bonds. The van der Waals surface area contributed by atoms with Crippen LogP contribution in [0.4, 0.5) is 0 Å². The number of rotatable bonds is 3. The quantitative estimate of drug-likeness (QED) is 0.787. The van der Waals surface area contributed by atoms with Gasteiger partial charge in [0.25, 0.3) is 0 Å². The zero-order valence-corrected chi connectivity index (χ0v) is 9.05. The molecule has 0 unspecified atom stereocenters. The Balaban J connectivity index is 2.26. The second-order valence-corrected chi connectivity index (χ2v) is 3.98. The van der Waals surface area contributed by atoms with Gasteiger partial charge in [-0.3, -0.25) is 0 Å². The third-order valence-corrected chi connectivity index (χ3v) is 3.01. The summed E-state index contributed by atoms with van der Waals surface area (Å²) in [5.74, 6) is 1.73. The van der Waals surface area contributed by atoms with Crippen LogP contribution < -0.4 is 10.1 Å². The predicted octanol–water partition coefficient (Wildman–Crippen LogP) is 1.86. The molecule has 0 radical (unpaired) electrons. The largest absolute Gasteiger partial charge is 0.496 e. The first-order chi connectivity index (χ1) is 6.76. The molecular weight excluding hydrogens is 174 g/mol. The molecule has 1 aromatic carbocycles. The number of aryl methyl sites for hydroxylation is 1. The molecule has 1 aromatic rings. The molecule has 76 valence electrons. The highest BCUT2D eigenvalue weighted by molar-refractivity contribution is 5.49. The summed E-state index contributed by atoms with van der Waals surface area (Å²) >= 11 is 0. The number of methoxy groups -OCH3 is 1. The van der Waals surface area contributed by atoms with Crippen molar-refractivity contribution in [1.82, 2.24) is 5.32 Å². The first kappa shape index (κ1) is 9.53. The third-order valence-electron chi connectivity index (χ3n) is 3.01. The Morgan fingerprint density at radius 3 is 2.93 bits per heavy atom. The molecule has 0 spiro atoms. The Kier molecular flexibility index (Phi) is 2.46. The standard InChI is InChI=1S/C12H17NO/c1-8-4-11-9(6-12(8)14-3)5-10(11)7-13-2/h4,6,10,13H,5,7H2,1-3H3/t10-/m1/s1. The first-order valence-electron chi connectivity index (χ1n) is 5.08. The fraction of sp³-hybridized carbons (Fsp3) is 0.500. The Labute approximate surface area is 85.3 Å². The van der Waals surface area contributed by atoms with Gasteiger partial charge in [-0.15, -0.1) is 0 Å². The zero-order valence-electron chi connectivity index (χ0n) is 9.05. The van der Waals surface area contributed by atoms with Crippen LogP contribution in [0, 0.1) is 6.92 Å². The van der Waals surface area contributed by atoms with Crippen molar-refractivity contribution in [3.63, 3.8) is 0 Å². The number of nitrogens with one attached hydrogen (secondary N) is 1. The maximum Gasteiger partial charge on any atom is 0.122 e. The molecular formula is C12H17NO.